The standard InChI is InChI=1S/C42H46ClN5O5S/c1-6-8-22-46(23-9-7-2)41(51)38-37(43)28(3)48(44-38)36-21-19-31(39(49)45-54(52,53)33-20-18-29-14-10-11-15-30(29)24-33)25-34(36)40(50)47-26-32-16-12-13-17-35(32)42(4,5)27-47/h10-21,24-25H,6-9,22-23,26-27H2,1-5H3,(H,45,49). The fraction of sp³-hybridized carbons (Fsp3) is 0.333. The number of benzene rings is 4. The van der Waals surface area contributed by atoms with Gasteiger partial charge in [0.25, 0.3) is 27.7 Å². The largest absolute Gasteiger partial charge is 0.337 e. The van der Waals surface area contributed by atoms with Gasteiger partial charge in [-0.15, -0.1) is 0 Å². The van der Waals surface area contributed by atoms with Crippen LogP contribution in [0.4, 0.5) is 0 Å². The third kappa shape index (κ3) is 7.79. The van der Waals surface area contributed by atoms with E-state index in [-0.39, 0.29) is 44.0 Å². The van der Waals surface area contributed by atoms with Crippen molar-refractivity contribution >= 4 is 50.1 Å². The van der Waals surface area contributed by atoms with Crippen molar-refractivity contribution in [2.45, 2.75) is 77.2 Å². The lowest BCUT2D eigenvalue weighted by atomic mass is 9.78. The molecule has 1 aliphatic heterocycles. The molecule has 2 heterocycles. The van der Waals surface area contributed by atoms with Gasteiger partial charge in [-0.1, -0.05) is 107 Å². The Bertz CT molecular complexity index is 2340. The fourth-order valence-corrected chi connectivity index (χ4v) is 8.29. The summed E-state index contributed by atoms with van der Waals surface area (Å²) in [5, 5.41) is 6.44. The van der Waals surface area contributed by atoms with Crippen molar-refractivity contribution in [2.75, 3.05) is 19.6 Å². The molecule has 0 saturated heterocycles. The molecule has 1 aliphatic rings. The monoisotopic (exact) mass is 767 g/mol. The Morgan fingerprint density at radius 3 is 2.26 bits per heavy atom. The molecule has 12 heteroatoms. The van der Waals surface area contributed by atoms with Crippen molar-refractivity contribution in [3.05, 3.63) is 124 Å². The average molecular weight is 768 g/mol. The normalized spacial score (nSPS) is 13.8. The minimum absolute atomic E-state index is 0.0411. The lowest BCUT2D eigenvalue weighted by molar-refractivity contribution is 0.0685. The van der Waals surface area contributed by atoms with Gasteiger partial charge in [-0.2, -0.15) is 5.10 Å². The third-order valence-electron chi connectivity index (χ3n) is 10.1. The molecule has 0 atom stereocenters. The summed E-state index contributed by atoms with van der Waals surface area (Å²) in [5.41, 5.74) is 2.67. The minimum atomic E-state index is -4.28. The Labute approximate surface area is 322 Å². The number of amides is 3. The van der Waals surface area contributed by atoms with Crippen molar-refractivity contribution in [1.82, 2.24) is 24.3 Å². The lowest BCUT2D eigenvalue weighted by Gasteiger charge is -2.40. The predicted octanol–water partition coefficient (Wildman–Crippen LogP) is 8.08. The highest BCUT2D eigenvalue weighted by Crippen LogP contribution is 2.35. The maximum Gasteiger partial charge on any atom is 0.275 e. The number of nitrogens with zero attached hydrogens (tertiary/aromatic N) is 4. The molecule has 6 rings (SSSR count). The van der Waals surface area contributed by atoms with Crippen LogP contribution in [0.15, 0.2) is 89.8 Å². The number of hydrogen-bond donors (Lipinski definition) is 1. The SMILES string of the molecule is CCCCN(CCCC)C(=O)c1nn(-c2ccc(C(=O)NS(=O)(=O)c3ccc4ccccc4c3)cc2C(=O)N2Cc3ccccc3C(C)(C)C2)c(C)c1Cl. The van der Waals surface area contributed by atoms with Crippen molar-refractivity contribution in [1.29, 1.82) is 0 Å². The maximum atomic E-state index is 14.7. The second kappa shape index (κ2) is 15.8. The zero-order valence-corrected chi connectivity index (χ0v) is 32.9. The number of halogens is 1. The fourth-order valence-electron chi connectivity index (χ4n) is 7.08. The van der Waals surface area contributed by atoms with Crippen LogP contribution in [-0.4, -0.2) is 65.4 Å². The third-order valence-corrected chi connectivity index (χ3v) is 11.8. The van der Waals surface area contributed by atoms with Gasteiger partial charge in [-0.3, -0.25) is 14.4 Å². The molecule has 0 bridgehead atoms. The first-order chi connectivity index (χ1) is 25.8. The number of unbranched alkanes of at least 4 members (excludes halogenated alkanes) is 2. The number of fused-ring (bicyclic) bond motifs is 2. The Kier molecular flexibility index (Phi) is 11.3. The molecule has 0 aliphatic carbocycles. The van der Waals surface area contributed by atoms with Crippen molar-refractivity contribution in [3.8, 4) is 5.69 Å². The van der Waals surface area contributed by atoms with Crippen LogP contribution in [0.3, 0.4) is 0 Å². The lowest BCUT2D eigenvalue weighted by Crippen LogP contribution is -2.45. The van der Waals surface area contributed by atoms with Gasteiger partial charge in [0.05, 0.1) is 26.9 Å². The predicted molar refractivity (Wildman–Crippen MR) is 212 cm³/mol. The summed E-state index contributed by atoms with van der Waals surface area (Å²) in [7, 11) is -4.28. The Morgan fingerprint density at radius 2 is 1.56 bits per heavy atom. The minimum Gasteiger partial charge on any atom is -0.337 e. The molecule has 282 valence electrons. The van der Waals surface area contributed by atoms with Crippen LogP contribution in [0.5, 0.6) is 0 Å². The second-order valence-corrected chi connectivity index (χ2v) is 16.6. The van der Waals surface area contributed by atoms with Gasteiger partial charge < -0.3 is 9.80 Å². The van der Waals surface area contributed by atoms with E-state index in [1.165, 1.54) is 28.9 Å². The highest BCUT2D eigenvalue weighted by molar-refractivity contribution is 7.90. The molecule has 5 aromatic rings. The van der Waals surface area contributed by atoms with E-state index in [9.17, 15) is 22.8 Å². The van der Waals surface area contributed by atoms with Crippen LogP contribution in [0.1, 0.15) is 101 Å². The molecule has 10 nitrogen and oxygen atoms in total. The first kappa shape index (κ1) is 38.7. The number of rotatable bonds is 12. The van der Waals surface area contributed by atoms with E-state index in [2.05, 4.69) is 38.5 Å². The number of carbonyl (C=O) groups is 3. The summed E-state index contributed by atoms with van der Waals surface area (Å²) in [5.74, 6) is -1.58. The van der Waals surface area contributed by atoms with Gasteiger partial charge in [0.1, 0.15) is 0 Å². The number of sulfonamides is 1. The molecule has 0 spiro atoms. The Hall–Kier alpha value is -5.00. The van der Waals surface area contributed by atoms with Gasteiger partial charge in [0, 0.05) is 37.2 Å². The first-order valence-corrected chi connectivity index (χ1v) is 20.2. The van der Waals surface area contributed by atoms with Gasteiger partial charge in [0.15, 0.2) is 5.69 Å². The van der Waals surface area contributed by atoms with Crippen LogP contribution in [-0.2, 0) is 22.0 Å². The summed E-state index contributed by atoms with van der Waals surface area (Å²) in [6.45, 7) is 11.9. The van der Waals surface area contributed by atoms with E-state index < -0.39 is 15.9 Å². The number of aromatic nitrogens is 2. The van der Waals surface area contributed by atoms with Crippen LogP contribution >= 0.6 is 11.6 Å². The van der Waals surface area contributed by atoms with Crippen LogP contribution in [0.25, 0.3) is 16.5 Å². The van der Waals surface area contributed by atoms with Crippen LogP contribution < -0.4 is 4.72 Å². The number of carbonyl (C=O) groups excluding carboxylic acids is 3. The average Bonchev–Trinajstić information content (AvgIpc) is 3.46. The van der Waals surface area contributed by atoms with E-state index in [4.69, 9.17) is 16.7 Å². The zero-order valence-electron chi connectivity index (χ0n) is 31.4. The molecule has 0 fully saturated rings. The number of nitrogens with one attached hydrogen (secondary N) is 1. The van der Waals surface area contributed by atoms with Gasteiger partial charge >= 0.3 is 0 Å². The first-order valence-electron chi connectivity index (χ1n) is 18.4. The molecule has 1 N–H and O–H groups in total. The van der Waals surface area contributed by atoms with Gasteiger partial charge in [0.2, 0.25) is 0 Å². The molecule has 54 heavy (non-hydrogen) atoms. The summed E-state index contributed by atoms with van der Waals surface area (Å²) in [4.78, 5) is 45.7. The van der Waals surface area contributed by atoms with E-state index in [0.29, 0.717) is 42.9 Å². The van der Waals surface area contributed by atoms with Crippen molar-refractivity contribution < 1.29 is 22.8 Å². The summed E-state index contributed by atoms with van der Waals surface area (Å²) in [6.07, 6.45) is 3.51. The summed E-state index contributed by atoms with van der Waals surface area (Å²) >= 11 is 6.84. The molecule has 0 unspecified atom stereocenters. The Balaban J connectivity index is 1.41. The quantitative estimate of drug-likeness (QED) is 0.137. The molecular formula is C42H46ClN5O5S. The van der Waals surface area contributed by atoms with Crippen LogP contribution in [0.2, 0.25) is 5.02 Å². The van der Waals surface area contributed by atoms with E-state index >= 15 is 0 Å². The van der Waals surface area contributed by atoms with Crippen molar-refractivity contribution in [3.63, 3.8) is 0 Å². The van der Waals surface area contributed by atoms with Gasteiger partial charge in [-0.05, 0) is 72.0 Å². The summed E-state index contributed by atoms with van der Waals surface area (Å²) in [6, 6.07) is 24.3. The van der Waals surface area contributed by atoms with Crippen molar-refractivity contribution in [2.24, 2.45) is 0 Å². The second-order valence-electron chi connectivity index (χ2n) is 14.5. The molecule has 3 amide bonds. The Morgan fingerprint density at radius 1 is 0.889 bits per heavy atom. The van der Waals surface area contributed by atoms with E-state index in [1.807, 2.05) is 36.4 Å². The highest BCUT2D eigenvalue weighted by Gasteiger charge is 2.36. The topological polar surface area (TPSA) is 122 Å². The van der Waals surface area contributed by atoms with Crippen LogP contribution in [0, 0.1) is 6.92 Å². The molecule has 1 aromatic heterocycles. The highest BCUT2D eigenvalue weighted by atomic mass is 35.5. The molecular weight excluding hydrogens is 722 g/mol. The summed E-state index contributed by atoms with van der Waals surface area (Å²) < 4.78 is 30.6. The number of hydrogen-bond acceptors (Lipinski definition) is 6. The molecule has 0 saturated carbocycles. The smallest absolute Gasteiger partial charge is 0.275 e. The van der Waals surface area contributed by atoms with E-state index in [0.717, 1.165) is 42.2 Å². The maximum absolute atomic E-state index is 14.7. The van der Waals surface area contributed by atoms with E-state index in [1.54, 1.807) is 34.9 Å². The molecule has 0 radical (unpaired) electrons. The molecule has 4 aromatic carbocycles. The zero-order chi connectivity index (χ0) is 38.8. The van der Waals surface area contributed by atoms with Gasteiger partial charge in [-0.25, -0.2) is 17.8 Å².